The highest BCUT2D eigenvalue weighted by molar-refractivity contribution is 6.01. The fourth-order valence-corrected chi connectivity index (χ4v) is 3.39. The molecule has 0 spiro atoms. The summed E-state index contributed by atoms with van der Waals surface area (Å²) in [7, 11) is 1.96. The Morgan fingerprint density at radius 1 is 1.35 bits per heavy atom. The van der Waals surface area contributed by atoms with Crippen molar-refractivity contribution in [2.24, 2.45) is 12.1 Å². The molecule has 6 nitrogen and oxygen atoms in total. The molecule has 0 saturated carbocycles. The molecule has 1 amide bonds. The van der Waals surface area contributed by atoms with Gasteiger partial charge in [0.05, 0.1) is 5.71 Å². The van der Waals surface area contributed by atoms with E-state index in [-0.39, 0.29) is 12.0 Å². The molecule has 1 N–H and O–H groups in total. The van der Waals surface area contributed by atoms with Crippen LogP contribution in [0.15, 0.2) is 41.8 Å². The van der Waals surface area contributed by atoms with Gasteiger partial charge in [0, 0.05) is 44.4 Å². The number of hydrazone groups is 1. The largest absolute Gasteiger partial charge is 0.441 e. The van der Waals surface area contributed by atoms with Gasteiger partial charge in [-0.25, -0.2) is 9.18 Å². The molecule has 0 aliphatic carbocycles. The Kier molecular flexibility index (Phi) is 4.14. The molecule has 1 saturated heterocycles. The number of carbonyl (C=O) groups is 1. The number of rotatable bonds is 3. The van der Waals surface area contributed by atoms with Gasteiger partial charge in [0.15, 0.2) is 0 Å². The first-order valence-electron chi connectivity index (χ1n) is 8.69. The van der Waals surface area contributed by atoms with Crippen LogP contribution in [-0.2, 0) is 11.8 Å². The van der Waals surface area contributed by atoms with Gasteiger partial charge in [-0.1, -0.05) is 12.1 Å². The Labute approximate surface area is 151 Å². The molecule has 1 aromatic heterocycles. The number of aryl methyl sites for hydroxylation is 2. The fraction of sp³-hybridized carbons (Fsp3) is 0.368. The van der Waals surface area contributed by atoms with Crippen LogP contribution in [0.25, 0.3) is 0 Å². The average Bonchev–Trinajstić information content (AvgIpc) is 3.26. The molecular formula is C19H21FN4O2. The summed E-state index contributed by atoms with van der Waals surface area (Å²) in [6, 6.07) is 6.98. The van der Waals surface area contributed by atoms with E-state index >= 15 is 0 Å². The van der Waals surface area contributed by atoms with E-state index in [2.05, 4.69) is 10.5 Å². The van der Waals surface area contributed by atoms with Gasteiger partial charge in [-0.15, -0.1) is 0 Å². The summed E-state index contributed by atoms with van der Waals surface area (Å²) in [6.45, 7) is 2.25. The van der Waals surface area contributed by atoms with E-state index in [4.69, 9.17) is 4.74 Å². The molecule has 4 rings (SSSR count). The van der Waals surface area contributed by atoms with Crippen molar-refractivity contribution in [2.45, 2.75) is 32.0 Å². The lowest BCUT2D eigenvalue weighted by Gasteiger charge is -2.35. The Balaban J connectivity index is 1.40. The minimum Gasteiger partial charge on any atom is -0.441 e. The third-order valence-corrected chi connectivity index (χ3v) is 4.95. The van der Waals surface area contributed by atoms with E-state index in [0.29, 0.717) is 30.5 Å². The lowest BCUT2D eigenvalue weighted by molar-refractivity contribution is 0.00766. The highest BCUT2D eigenvalue weighted by Gasteiger charge is 2.35. The minimum atomic E-state index is -0.412. The molecule has 3 heterocycles. The molecule has 2 aliphatic rings. The number of hydrogen-bond acceptors (Lipinski definition) is 4. The lowest BCUT2D eigenvalue weighted by Crippen LogP contribution is -2.49. The standard InChI is InChI=1S/C19H21FN4O2/c1-12-3-4-13(9-15(12)20)17-6-8-24(19(25)26-17)18-10-16(21-22-18)14-5-7-23(2)11-14/h3-5,7,9,11,17-18,22H,6,8,10H2,1-2H3. The van der Waals surface area contributed by atoms with Crippen LogP contribution < -0.4 is 5.43 Å². The molecule has 2 aliphatic heterocycles. The van der Waals surface area contributed by atoms with Gasteiger partial charge in [-0.2, -0.15) is 5.10 Å². The monoisotopic (exact) mass is 356 g/mol. The highest BCUT2D eigenvalue weighted by atomic mass is 19.1. The third-order valence-electron chi connectivity index (χ3n) is 4.95. The van der Waals surface area contributed by atoms with Crippen molar-refractivity contribution < 1.29 is 13.9 Å². The summed E-state index contributed by atoms with van der Waals surface area (Å²) in [5.74, 6) is -0.278. The van der Waals surface area contributed by atoms with Crippen molar-refractivity contribution >= 4 is 11.8 Å². The van der Waals surface area contributed by atoms with Crippen LogP contribution in [0.3, 0.4) is 0 Å². The molecule has 1 aromatic carbocycles. The van der Waals surface area contributed by atoms with Crippen molar-refractivity contribution in [3.8, 4) is 0 Å². The van der Waals surface area contributed by atoms with E-state index in [1.807, 2.05) is 36.1 Å². The van der Waals surface area contributed by atoms with Crippen LogP contribution in [0.5, 0.6) is 0 Å². The summed E-state index contributed by atoms with van der Waals surface area (Å²) in [6.07, 6.45) is 4.18. The minimum absolute atomic E-state index is 0.214. The molecule has 2 aromatic rings. The Morgan fingerprint density at radius 2 is 2.19 bits per heavy atom. The van der Waals surface area contributed by atoms with Gasteiger partial charge in [0.25, 0.3) is 0 Å². The molecular weight excluding hydrogens is 335 g/mol. The number of hydrogen-bond donors (Lipinski definition) is 1. The first-order valence-corrected chi connectivity index (χ1v) is 8.69. The average molecular weight is 356 g/mol. The van der Waals surface area contributed by atoms with Crippen LogP contribution in [0, 0.1) is 12.7 Å². The fourth-order valence-electron chi connectivity index (χ4n) is 3.39. The quantitative estimate of drug-likeness (QED) is 0.919. The van der Waals surface area contributed by atoms with Gasteiger partial charge in [-0.3, -0.25) is 10.3 Å². The molecule has 1 fully saturated rings. The molecule has 7 heteroatoms. The second kappa shape index (κ2) is 6.48. The number of nitrogens with zero attached hydrogens (tertiary/aromatic N) is 3. The van der Waals surface area contributed by atoms with E-state index in [9.17, 15) is 9.18 Å². The van der Waals surface area contributed by atoms with Crippen molar-refractivity contribution in [2.75, 3.05) is 6.54 Å². The van der Waals surface area contributed by atoms with Crippen LogP contribution in [0.1, 0.15) is 35.6 Å². The van der Waals surface area contributed by atoms with Crippen molar-refractivity contribution in [3.63, 3.8) is 0 Å². The first-order chi connectivity index (χ1) is 12.5. The van der Waals surface area contributed by atoms with E-state index < -0.39 is 12.2 Å². The molecule has 0 radical (unpaired) electrons. The van der Waals surface area contributed by atoms with Gasteiger partial charge in [-0.05, 0) is 30.2 Å². The number of amides is 1. The Hall–Kier alpha value is -2.83. The van der Waals surface area contributed by atoms with E-state index in [0.717, 1.165) is 11.3 Å². The number of carbonyl (C=O) groups excluding carboxylic acids is 1. The summed E-state index contributed by atoms with van der Waals surface area (Å²) >= 11 is 0. The highest BCUT2D eigenvalue weighted by Crippen LogP contribution is 2.29. The first kappa shape index (κ1) is 16.6. The normalized spacial score (nSPS) is 22.8. The van der Waals surface area contributed by atoms with Crippen molar-refractivity contribution in [1.29, 1.82) is 0 Å². The van der Waals surface area contributed by atoms with Crippen molar-refractivity contribution in [3.05, 3.63) is 59.2 Å². The molecule has 0 bridgehead atoms. The van der Waals surface area contributed by atoms with Crippen LogP contribution in [0.2, 0.25) is 0 Å². The SMILES string of the molecule is Cc1ccc(C2CCN(C3CC(c4ccn(C)c4)=NN3)C(=O)O2)cc1F. The second-order valence-corrected chi connectivity index (χ2v) is 6.84. The third kappa shape index (κ3) is 3.05. The van der Waals surface area contributed by atoms with Gasteiger partial charge in [0.2, 0.25) is 0 Å². The zero-order chi connectivity index (χ0) is 18.3. The van der Waals surface area contributed by atoms with Crippen LogP contribution in [0.4, 0.5) is 9.18 Å². The van der Waals surface area contributed by atoms with Crippen LogP contribution >= 0.6 is 0 Å². The zero-order valence-electron chi connectivity index (χ0n) is 14.8. The summed E-state index contributed by atoms with van der Waals surface area (Å²) < 4.78 is 21.3. The zero-order valence-corrected chi connectivity index (χ0v) is 14.8. The predicted molar refractivity (Wildman–Crippen MR) is 95.2 cm³/mol. The smallest absolute Gasteiger partial charge is 0.412 e. The van der Waals surface area contributed by atoms with Gasteiger partial charge in [0.1, 0.15) is 18.1 Å². The van der Waals surface area contributed by atoms with E-state index in [1.165, 1.54) is 6.07 Å². The maximum atomic E-state index is 13.8. The van der Waals surface area contributed by atoms with E-state index in [1.54, 1.807) is 17.9 Å². The molecule has 2 unspecified atom stereocenters. The molecule has 2 atom stereocenters. The maximum Gasteiger partial charge on any atom is 0.412 e. The molecule has 26 heavy (non-hydrogen) atoms. The summed E-state index contributed by atoms with van der Waals surface area (Å²) in [4.78, 5) is 14.1. The number of cyclic esters (lactones) is 1. The Bertz CT molecular complexity index is 876. The van der Waals surface area contributed by atoms with Crippen LogP contribution in [-0.4, -0.2) is 34.0 Å². The maximum absolute atomic E-state index is 13.8. The number of nitrogens with one attached hydrogen (secondary N) is 1. The predicted octanol–water partition coefficient (Wildman–Crippen LogP) is 3.08. The number of halogens is 1. The summed E-state index contributed by atoms with van der Waals surface area (Å²) in [5, 5.41) is 4.36. The topological polar surface area (TPSA) is 58.9 Å². The number of benzene rings is 1. The van der Waals surface area contributed by atoms with Crippen molar-refractivity contribution in [1.82, 2.24) is 14.9 Å². The lowest BCUT2D eigenvalue weighted by atomic mass is 10.0. The van der Waals surface area contributed by atoms with Gasteiger partial charge >= 0.3 is 6.09 Å². The molecule has 136 valence electrons. The second-order valence-electron chi connectivity index (χ2n) is 6.84. The number of ether oxygens (including phenoxy) is 1. The number of aromatic nitrogens is 1. The van der Waals surface area contributed by atoms with Gasteiger partial charge < -0.3 is 9.30 Å². The summed E-state index contributed by atoms with van der Waals surface area (Å²) in [5.41, 5.74) is 6.27. The Morgan fingerprint density at radius 3 is 2.88 bits per heavy atom.